The number of fused-ring (bicyclic) bond motifs is 15. The zero-order valence-electron chi connectivity index (χ0n) is 89.9. The highest BCUT2D eigenvalue weighted by molar-refractivity contribution is 5.80. The van der Waals surface area contributed by atoms with Gasteiger partial charge >= 0.3 is 30.2 Å². The van der Waals surface area contributed by atoms with E-state index >= 15 is 0 Å². The van der Waals surface area contributed by atoms with Crippen LogP contribution in [-0.2, 0) is 56.0 Å². The molecule has 10 aliphatic rings. The molecule has 25 nitrogen and oxygen atoms in total. The van der Waals surface area contributed by atoms with E-state index < -0.39 is 68.4 Å². The number of hydrogen-bond acceptors (Lipinski definition) is 25. The number of nitrogens with two attached hydrogens (primary N) is 2. The summed E-state index contributed by atoms with van der Waals surface area (Å²) in [6.07, 6.45) is 37.5. The summed E-state index contributed by atoms with van der Waals surface area (Å²) in [5, 5.41) is 56.1. The fourth-order valence-electron chi connectivity index (χ4n) is 23.0. The molecule has 0 radical (unpaired) electrons. The first-order valence-electron chi connectivity index (χ1n) is 53.7. The van der Waals surface area contributed by atoms with Gasteiger partial charge in [0.25, 0.3) is 0 Å². The Labute approximate surface area is 856 Å². The third-order valence-electron chi connectivity index (χ3n) is 30.8. The van der Waals surface area contributed by atoms with Gasteiger partial charge in [-0.15, -0.1) is 0 Å². The van der Waals surface area contributed by atoms with E-state index in [1.165, 1.54) is 47.1 Å². The molecule has 15 rings (SSSR count). The number of hydrogen-bond donors (Lipinski definition) is 8. The minimum atomic E-state index is -1.55. The summed E-state index contributed by atoms with van der Waals surface area (Å²) in [5.74, 6) is 6.65. The Morgan fingerprint density at radius 1 is 0.333 bits per heavy atom. The van der Waals surface area contributed by atoms with Crippen LogP contribution >= 0.6 is 0 Å². The zero-order chi connectivity index (χ0) is 105. The first-order valence-corrected chi connectivity index (χ1v) is 53.7. The highest BCUT2D eigenvalue weighted by Gasteiger charge is 2.52. The molecule has 5 aliphatic carbocycles. The summed E-state index contributed by atoms with van der Waals surface area (Å²) in [6.45, 7) is 40.7. The van der Waals surface area contributed by atoms with Gasteiger partial charge in [0.15, 0.2) is 12.2 Å². The number of aryl methyl sites for hydroxylation is 5. The number of carbonyl (C=O) groups excluding carboxylic acids is 5. The summed E-state index contributed by atoms with van der Waals surface area (Å²) in [5.41, 5.74) is 26.2. The summed E-state index contributed by atoms with van der Waals surface area (Å²) in [7, 11) is 0. The summed E-state index contributed by atoms with van der Waals surface area (Å²) in [6, 6.07) is 20.3. The van der Waals surface area contributed by atoms with Crippen LogP contribution in [0.4, 0.5) is 9.59 Å². The fraction of sp³-hybridized carbons (Fsp3) is 0.622. The van der Waals surface area contributed by atoms with Gasteiger partial charge < -0.3 is 93.2 Å². The maximum absolute atomic E-state index is 12.3. The van der Waals surface area contributed by atoms with Crippen molar-refractivity contribution in [2.24, 2.45) is 41.1 Å². The number of benzene rings is 5. The molecule has 0 saturated heterocycles. The van der Waals surface area contributed by atoms with Crippen LogP contribution in [0.3, 0.4) is 0 Å². The van der Waals surface area contributed by atoms with Crippen molar-refractivity contribution in [3.05, 3.63) is 175 Å². The van der Waals surface area contributed by atoms with E-state index in [1.807, 2.05) is 30.3 Å². The first kappa shape index (κ1) is 115. The molecule has 0 unspecified atom stereocenters. The normalized spacial score (nSPS) is 22.9. The van der Waals surface area contributed by atoms with E-state index in [4.69, 9.17) is 83.6 Å². The lowest BCUT2D eigenvalue weighted by molar-refractivity contribution is -0.146. The standard InChI is InChI=1S/C25H36O6.2C24H34O5.C23H33NO4.C23H33NO3/c1-5-6-7-8-17-12-21(30-24(28)29-15-18(27)14-26)23-19-11-16(2)9-10-20(19)25(3,4)31-22(23)13-17;2*1-5-6-7-8-16-12-20(28-23(27)19(26)14-25)22-17-11-15(2)9-10-18(17)24(3,4)29-21(22)13-16;1-5-6-7-8-16-12-19(27-22(25)26-14-24)21-17-11-15(2)9-10-18(17)23(3,4)28-20(21)13-16;1-5-6-7-8-16-12-19(26-21(25)14-24)22-17-11-15(2)9-10-18(17)23(3,4)27-20(22)13-16/h11-13,18-20,26-27H,5-10,14-15H2,1-4H3;2*11-13,17-19,25-26H,5-10,14H2,1-4H3;11-13,17-18H,5-10,14,24H2,1-4H3;11-13,17-18H,5-10,14,24H2,1-4H3/t18-,19+,20+;17-,18-,19+;17-,18-,19-;2*17-,18-/m01111/s1. The van der Waals surface area contributed by atoms with Crippen molar-refractivity contribution in [2.75, 3.05) is 39.7 Å². The Bertz CT molecular complexity index is 5240. The number of carbonyl (C=O) groups is 5. The van der Waals surface area contributed by atoms with Crippen LogP contribution in [0.5, 0.6) is 57.5 Å². The average Bonchev–Trinajstić information content (AvgIpc) is 0.759. The lowest BCUT2D eigenvalue weighted by atomic mass is 9.68. The van der Waals surface area contributed by atoms with Crippen molar-refractivity contribution < 1.29 is 111 Å². The molecule has 5 aliphatic heterocycles. The van der Waals surface area contributed by atoms with Crippen LogP contribution in [0.1, 0.15) is 384 Å². The van der Waals surface area contributed by atoms with Gasteiger partial charge in [-0.05, 0) is 321 Å². The van der Waals surface area contributed by atoms with Gasteiger partial charge in [0.1, 0.15) is 105 Å². The molecule has 144 heavy (non-hydrogen) atoms. The third-order valence-corrected chi connectivity index (χ3v) is 30.8. The Morgan fingerprint density at radius 3 is 0.778 bits per heavy atom. The van der Waals surface area contributed by atoms with Crippen molar-refractivity contribution in [3.8, 4) is 57.5 Å². The molecule has 0 fully saturated rings. The molecular weight excluding hydrogens is 1830 g/mol. The molecule has 25 heteroatoms. The highest BCUT2D eigenvalue weighted by atomic mass is 16.7. The molecule has 5 aromatic carbocycles. The summed E-state index contributed by atoms with van der Waals surface area (Å²) in [4.78, 5) is 60.9. The number of rotatable bonds is 34. The number of aliphatic hydroxyl groups excluding tert-OH is 6. The highest BCUT2D eigenvalue weighted by Crippen LogP contribution is 2.61. The van der Waals surface area contributed by atoms with Crippen molar-refractivity contribution in [1.82, 2.24) is 0 Å². The second-order valence-corrected chi connectivity index (χ2v) is 44.3. The summed E-state index contributed by atoms with van der Waals surface area (Å²) < 4.78 is 70.3. The molecule has 0 bridgehead atoms. The maximum Gasteiger partial charge on any atom is 0.515 e. The van der Waals surface area contributed by atoms with Gasteiger partial charge in [-0.3, -0.25) is 10.5 Å². The first-order chi connectivity index (χ1) is 68.5. The second kappa shape index (κ2) is 51.9. The molecule has 13 atom stereocenters. The Morgan fingerprint density at radius 2 is 0.562 bits per heavy atom. The van der Waals surface area contributed by atoms with E-state index in [2.05, 4.69) is 199 Å². The quantitative estimate of drug-likeness (QED) is 0.00473. The molecular formula is C119H170N2O23. The Balaban J connectivity index is 0.000000172. The molecule has 0 aromatic heterocycles. The smallest absolute Gasteiger partial charge is 0.487 e. The monoisotopic (exact) mass is 2000 g/mol. The lowest BCUT2D eigenvalue weighted by Gasteiger charge is -2.46. The minimum Gasteiger partial charge on any atom is -0.487 e. The molecule has 10 N–H and O–H groups in total. The molecule has 794 valence electrons. The number of aliphatic hydroxyl groups is 6. The minimum absolute atomic E-state index is 0.0984. The largest absolute Gasteiger partial charge is 0.515 e. The Hall–Kier alpha value is -9.57. The molecule has 0 spiro atoms. The van der Waals surface area contributed by atoms with Crippen LogP contribution < -0.4 is 58.8 Å². The second-order valence-electron chi connectivity index (χ2n) is 44.3. The predicted molar refractivity (Wildman–Crippen MR) is 561 cm³/mol. The third kappa shape index (κ3) is 29.3. The van der Waals surface area contributed by atoms with Gasteiger partial charge in [-0.1, -0.05) is 157 Å². The number of esters is 3. The molecule has 5 aromatic rings. The van der Waals surface area contributed by atoms with Crippen LogP contribution in [0, 0.1) is 29.6 Å². The number of allylic oxidation sites excluding steroid dienone is 10. The molecule has 0 saturated carbocycles. The van der Waals surface area contributed by atoms with Crippen molar-refractivity contribution in [1.29, 1.82) is 0 Å². The lowest BCUT2D eigenvalue weighted by Crippen LogP contribution is -2.45. The average molecular weight is 2000 g/mol. The summed E-state index contributed by atoms with van der Waals surface area (Å²) >= 11 is 0. The van der Waals surface area contributed by atoms with Gasteiger partial charge in [0.2, 0.25) is 0 Å². The van der Waals surface area contributed by atoms with Crippen molar-refractivity contribution in [2.45, 2.75) is 407 Å². The van der Waals surface area contributed by atoms with E-state index in [9.17, 15) is 39.3 Å². The van der Waals surface area contributed by atoms with E-state index in [0.29, 0.717) is 40.6 Å². The number of unbranched alkanes of at least 4 members (excludes halogenated alkanes) is 10. The van der Waals surface area contributed by atoms with Crippen molar-refractivity contribution >= 4 is 30.2 Å². The van der Waals surface area contributed by atoms with Gasteiger partial charge in [-0.2, -0.15) is 0 Å². The zero-order valence-corrected chi connectivity index (χ0v) is 89.9. The SMILES string of the molecule is CCCCCc1cc(OC(=O)CN)c2c(c1)OC(C)(C)[C@@H]1CCC(C)=C[C@@H]21.CCCCCc1cc(OC(=O)OCN)c2c(c1)OC(C)(C)[C@@H]1CCC(C)=C[C@@H]21.CCCCCc1cc(OC(=O)OC[C@@H](O)CO)c2c(c1)OC(C)(C)[C@@H]1CCC(C)=C[C@@H]21.CCCCCc1cc(OC(=O)[C@@H](O)CO)c2c(c1)OC(C)(C)[C@@H]1CCC(C)=C[C@@H]21.CCCCCc1cc(OC(=O)[C@H](O)CO)c2c(c1)OC(C)(C)[C@@H]1CCC(C)=C[C@@H]21. The fourth-order valence-corrected chi connectivity index (χ4v) is 23.0. The number of ether oxygens (including phenoxy) is 12. The van der Waals surface area contributed by atoms with Gasteiger partial charge in [0.05, 0.1) is 26.4 Å². The topological polar surface area (TPSA) is 370 Å². The Kier molecular flexibility index (Phi) is 41.3. The predicted octanol–water partition coefficient (Wildman–Crippen LogP) is 23.8. The molecule has 5 heterocycles. The van der Waals surface area contributed by atoms with Crippen LogP contribution in [-0.4, -0.2) is 147 Å². The van der Waals surface area contributed by atoms with Gasteiger partial charge in [-0.25, -0.2) is 19.2 Å². The van der Waals surface area contributed by atoms with Crippen LogP contribution in [0.2, 0.25) is 0 Å². The molecule has 0 amide bonds. The maximum atomic E-state index is 12.3. The van der Waals surface area contributed by atoms with Crippen molar-refractivity contribution in [3.63, 3.8) is 0 Å². The van der Waals surface area contributed by atoms with E-state index in [-0.39, 0.29) is 95.2 Å². The van der Waals surface area contributed by atoms with E-state index in [1.54, 1.807) is 0 Å². The van der Waals surface area contributed by atoms with E-state index in [0.717, 1.165) is 258 Å². The van der Waals surface area contributed by atoms with Gasteiger partial charge in [0, 0.05) is 87.0 Å². The van der Waals surface area contributed by atoms with Crippen LogP contribution in [0.15, 0.2) is 119 Å². The van der Waals surface area contributed by atoms with Crippen LogP contribution in [0.25, 0.3) is 0 Å².